The van der Waals surface area contributed by atoms with Crippen molar-refractivity contribution in [2.45, 2.75) is 32.3 Å². The van der Waals surface area contributed by atoms with Crippen molar-refractivity contribution < 1.29 is 19.8 Å². The largest absolute Gasteiger partial charge is 0.545 e. The molecule has 2 heterocycles. The summed E-state index contributed by atoms with van der Waals surface area (Å²) >= 11 is 0.904. The molecule has 8 nitrogen and oxygen atoms in total. The number of carbonyl (C=O) groups excluding carboxylic acids is 2. The van der Waals surface area contributed by atoms with Gasteiger partial charge in [-0.25, -0.2) is 4.98 Å². The molecule has 1 N–H and O–H groups in total. The van der Waals surface area contributed by atoms with Crippen LogP contribution in [0.4, 0.5) is 0 Å². The number of nitrogens with zero attached hydrogens (tertiary/aromatic N) is 3. The van der Waals surface area contributed by atoms with Gasteiger partial charge in [-0.1, -0.05) is 19.1 Å². The van der Waals surface area contributed by atoms with Crippen LogP contribution in [-0.4, -0.2) is 31.7 Å². The van der Waals surface area contributed by atoms with Crippen LogP contribution in [0, 0.1) is 13.8 Å². The summed E-state index contributed by atoms with van der Waals surface area (Å²) in [6, 6.07) is 8.19. The maximum Gasteiger partial charge on any atom is 0.213 e. The predicted molar refractivity (Wildman–Crippen MR) is 104 cm³/mol. The zero-order valence-corrected chi connectivity index (χ0v) is 16.9. The van der Waals surface area contributed by atoms with E-state index in [2.05, 4.69) is 15.2 Å². The standard InChI is InChI=1S/C20H20N4O4S/c1-4-17-21-20(23-22-17)29-16(19(27)28)10-14-8-11(2)24(12(14)3)15-7-5-6-13(9-15)18(25)26/h5-10H,4H2,1-3H3,(H,25,26)(H,27,28)(H,21,22,23)/p-2/b16-10-. The molecular weight excluding hydrogens is 392 g/mol. The zero-order chi connectivity index (χ0) is 21.1. The first-order chi connectivity index (χ1) is 13.8. The van der Waals surface area contributed by atoms with Gasteiger partial charge in [0.15, 0.2) is 0 Å². The van der Waals surface area contributed by atoms with Crippen molar-refractivity contribution in [1.82, 2.24) is 19.7 Å². The molecule has 0 saturated carbocycles. The van der Waals surface area contributed by atoms with Crippen LogP contribution in [0.3, 0.4) is 0 Å². The highest BCUT2D eigenvalue weighted by Crippen LogP contribution is 2.28. The smallest absolute Gasteiger partial charge is 0.213 e. The van der Waals surface area contributed by atoms with E-state index in [4.69, 9.17) is 0 Å². The summed E-state index contributed by atoms with van der Waals surface area (Å²) in [4.78, 5) is 27.0. The Morgan fingerprint density at radius 3 is 2.62 bits per heavy atom. The minimum Gasteiger partial charge on any atom is -0.545 e. The summed E-state index contributed by atoms with van der Waals surface area (Å²) in [7, 11) is 0. The van der Waals surface area contributed by atoms with Crippen LogP contribution in [0.2, 0.25) is 0 Å². The average Bonchev–Trinajstić information content (AvgIpc) is 3.25. The van der Waals surface area contributed by atoms with Gasteiger partial charge in [-0.2, -0.15) is 0 Å². The van der Waals surface area contributed by atoms with E-state index in [1.807, 2.05) is 31.4 Å². The third kappa shape index (κ3) is 4.40. The summed E-state index contributed by atoms with van der Waals surface area (Å²) in [6.45, 7) is 5.59. The molecule has 2 aromatic heterocycles. The molecule has 0 atom stereocenters. The fourth-order valence-corrected chi connectivity index (χ4v) is 3.67. The fraction of sp³-hybridized carbons (Fsp3) is 0.200. The van der Waals surface area contributed by atoms with E-state index < -0.39 is 11.9 Å². The van der Waals surface area contributed by atoms with E-state index in [-0.39, 0.29) is 10.5 Å². The van der Waals surface area contributed by atoms with E-state index in [0.29, 0.717) is 28.7 Å². The first kappa shape index (κ1) is 20.4. The van der Waals surface area contributed by atoms with Crippen LogP contribution in [0.15, 0.2) is 40.4 Å². The second kappa shape index (κ2) is 8.36. The van der Waals surface area contributed by atoms with Gasteiger partial charge in [0.1, 0.15) is 5.82 Å². The Kier molecular flexibility index (Phi) is 5.88. The van der Waals surface area contributed by atoms with Crippen molar-refractivity contribution in [3.05, 3.63) is 63.6 Å². The normalized spacial score (nSPS) is 11.6. The highest BCUT2D eigenvalue weighted by molar-refractivity contribution is 8.04. The van der Waals surface area contributed by atoms with Gasteiger partial charge in [-0.3, -0.25) is 5.10 Å². The number of H-pyrrole nitrogens is 1. The third-order valence-corrected chi connectivity index (χ3v) is 5.22. The lowest BCUT2D eigenvalue weighted by molar-refractivity contribution is -0.298. The highest BCUT2D eigenvalue weighted by Gasteiger charge is 2.13. The molecule has 29 heavy (non-hydrogen) atoms. The highest BCUT2D eigenvalue weighted by atomic mass is 32.2. The molecule has 9 heteroatoms. The van der Waals surface area contributed by atoms with Crippen molar-refractivity contribution in [2.24, 2.45) is 0 Å². The molecule has 0 aliphatic carbocycles. The van der Waals surface area contributed by atoms with E-state index in [9.17, 15) is 19.8 Å². The number of aliphatic carboxylic acids is 1. The number of nitrogens with one attached hydrogen (secondary N) is 1. The lowest BCUT2D eigenvalue weighted by Gasteiger charge is -2.12. The Morgan fingerprint density at radius 2 is 2.00 bits per heavy atom. The van der Waals surface area contributed by atoms with Crippen LogP contribution in [0.5, 0.6) is 0 Å². The fourth-order valence-electron chi connectivity index (χ4n) is 2.95. The van der Waals surface area contributed by atoms with E-state index in [0.717, 1.165) is 23.1 Å². The second-order valence-corrected chi connectivity index (χ2v) is 7.33. The Morgan fingerprint density at radius 1 is 1.24 bits per heavy atom. The molecule has 0 aliphatic rings. The van der Waals surface area contributed by atoms with E-state index >= 15 is 0 Å². The van der Waals surface area contributed by atoms with Crippen molar-refractivity contribution in [2.75, 3.05) is 0 Å². The molecule has 0 aliphatic heterocycles. The SMILES string of the molecule is CCc1nc(S/C(=C\c2cc(C)n(-c3cccc(C(=O)[O-])c3)c2C)C(=O)[O-])n[nH]1. The second-order valence-electron chi connectivity index (χ2n) is 6.32. The number of aryl methyl sites for hydroxylation is 2. The number of carbonyl (C=O) groups is 2. The van der Waals surface area contributed by atoms with Crippen molar-refractivity contribution in [3.8, 4) is 5.69 Å². The number of aromatic nitrogens is 4. The Hall–Kier alpha value is -3.33. The van der Waals surface area contributed by atoms with Crippen LogP contribution >= 0.6 is 11.8 Å². The monoisotopic (exact) mass is 410 g/mol. The molecule has 0 unspecified atom stereocenters. The van der Waals surface area contributed by atoms with Crippen LogP contribution < -0.4 is 10.2 Å². The van der Waals surface area contributed by atoms with Crippen LogP contribution in [0.1, 0.15) is 40.1 Å². The van der Waals surface area contributed by atoms with Gasteiger partial charge in [0.25, 0.3) is 0 Å². The quantitative estimate of drug-likeness (QED) is 0.455. The first-order valence-electron chi connectivity index (χ1n) is 8.83. The third-order valence-electron chi connectivity index (χ3n) is 4.35. The van der Waals surface area contributed by atoms with Gasteiger partial charge in [0.2, 0.25) is 5.16 Å². The summed E-state index contributed by atoms with van der Waals surface area (Å²) in [5.74, 6) is -1.93. The predicted octanol–water partition coefficient (Wildman–Crippen LogP) is 1.02. The number of aromatic amines is 1. The van der Waals surface area contributed by atoms with Gasteiger partial charge >= 0.3 is 0 Å². The molecule has 0 bridgehead atoms. The number of aromatic carboxylic acids is 1. The van der Waals surface area contributed by atoms with Gasteiger partial charge in [-0.15, -0.1) is 5.10 Å². The van der Waals surface area contributed by atoms with E-state index in [1.54, 1.807) is 12.1 Å². The lowest BCUT2D eigenvalue weighted by atomic mass is 10.2. The number of hydrogen-bond donors (Lipinski definition) is 1. The van der Waals surface area contributed by atoms with Gasteiger partial charge in [0.05, 0.1) is 11.9 Å². The lowest BCUT2D eigenvalue weighted by Crippen LogP contribution is -2.23. The molecule has 150 valence electrons. The number of carboxylic acid groups (broad SMARTS) is 2. The molecule has 0 spiro atoms. The summed E-state index contributed by atoms with van der Waals surface area (Å²) in [5, 5.41) is 29.8. The molecule has 0 radical (unpaired) electrons. The van der Waals surface area contributed by atoms with Gasteiger partial charge in [-0.05, 0) is 61.0 Å². The number of carboxylic acids is 2. The molecule has 0 fully saturated rings. The average molecular weight is 410 g/mol. The number of hydrogen-bond acceptors (Lipinski definition) is 7. The summed E-state index contributed by atoms with van der Waals surface area (Å²) in [5.41, 5.74) is 2.94. The minimum atomic E-state index is -1.33. The molecular formula is C20H18N4O4S-2. The topological polar surface area (TPSA) is 127 Å². The van der Waals surface area contributed by atoms with Crippen LogP contribution in [0.25, 0.3) is 11.8 Å². The summed E-state index contributed by atoms with van der Waals surface area (Å²) < 4.78 is 1.85. The van der Waals surface area contributed by atoms with E-state index in [1.165, 1.54) is 18.2 Å². The summed E-state index contributed by atoms with van der Waals surface area (Å²) in [6.07, 6.45) is 2.16. The number of thioether (sulfide) groups is 1. The van der Waals surface area contributed by atoms with Gasteiger partial charge in [0, 0.05) is 28.4 Å². The Bertz CT molecular complexity index is 1110. The minimum absolute atomic E-state index is 0.0320. The maximum atomic E-state index is 11.6. The van der Waals surface area contributed by atoms with Gasteiger partial charge < -0.3 is 24.4 Å². The molecule has 3 rings (SSSR count). The Labute approximate surface area is 171 Å². The van der Waals surface area contributed by atoms with Crippen molar-refractivity contribution >= 4 is 29.8 Å². The molecule has 3 aromatic rings. The maximum absolute atomic E-state index is 11.6. The Balaban J connectivity index is 2.00. The number of benzene rings is 1. The molecule has 1 aromatic carbocycles. The zero-order valence-electron chi connectivity index (χ0n) is 16.1. The van der Waals surface area contributed by atoms with Crippen molar-refractivity contribution in [3.63, 3.8) is 0 Å². The van der Waals surface area contributed by atoms with Crippen molar-refractivity contribution in [1.29, 1.82) is 0 Å². The first-order valence-corrected chi connectivity index (χ1v) is 9.64. The number of rotatable bonds is 7. The van der Waals surface area contributed by atoms with Crippen LogP contribution in [-0.2, 0) is 11.2 Å². The molecule has 0 amide bonds. The molecule has 0 saturated heterocycles.